The fourth-order valence-corrected chi connectivity index (χ4v) is 3.69. The van der Waals surface area contributed by atoms with Crippen molar-refractivity contribution in [3.05, 3.63) is 48.0 Å². The van der Waals surface area contributed by atoms with E-state index in [2.05, 4.69) is 9.98 Å². The van der Waals surface area contributed by atoms with Crippen LogP contribution in [0.15, 0.2) is 41.5 Å². The van der Waals surface area contributed by atoms with Gasteiger partial charge in [-0.25, -0.2) is 9.98 Å². The summed E-state index contributed by atoms with van der Waals surface area (Å²) in [6.07, 6.45) is 2.18. The van der Waals surface area contributed by atoms with Gasteiger partial charge in [0.1, 0.15) is 17.9 Å². The smallest absolute Gasteiger partial charge is 0.283 e. The van der Waals surface area contributed by atoms with E-state index in [-0.39, 0.29) is 11.9 Å². The van der Waals surface area contributed by atoms with E-state index in [0.717, 1.165) is 12.0 Å². The topological polar surface area (TPSA) is 79.0 Å². The SMILES string of the molecule is COCCC1COc2ccc(-c3cccnc3F)cc2C12COC(N)=N2. The number of nitrogens with zero attached hydrogens (tertiary/aromatic N) is 2. The molecule has 2 unspecified atom stereocenters. The highest BCUT2D eigenvalue weighted by Crippen LogP contribution is 2.48. The van der Waals surface area contributed by atoms with Crippen molar-refractivity contribution in [1.82, 2.24) is 4.98 Å². The summed E-state index contributed by atoms with van der Waals surface area (Å²) in [4.78, 5) is 8.38. The fraction of sp³-hybridized carbons (Fsp3) is 0.368. The highest BCUT2D eigenvalue weighted by atomic mass is 19.1. The van der Waals surface area contributed by atoms with Gasteiger partial charge in [-0.3, -0.25) is 0 Å². The Kier molecular flexibility index (Phi) is 4.24. The average Bonchev–Trinajstić information content (AvgIpc) is 3.04. The molecule has 0 amide bonds. The van der Waals surface area contributed by atoms with Gasteiger partial charge in [0.2, 0.25) is 5.95 Å². The number of pyridine rings is 1. The lowest BCUT2D eigenvalue weighted by atomic mass is 9.75. The van der Waals surface area contributed by atoms with Crippen molar-refractivity contribution in [2.75, 3.05) is 26.9 Å². The first kappa shape index (κ1) is 16.8. The molecule has 2 atom stereocenters. The highest BCUT2D eigenvalue weighted by Gasteiger charge is 2.49. The quantitative estimate of drug-likeness (QED) is 0.851. The van der Waals surface area contributed by atoms with Gasteiger partial charge in [-0.2, -0.15) is 4.39 Å². The third kappa shape index (κ3) is 2.68. The minimum Gasteiger partial charge on any atom is -0.493 e. The Morgan fingerprint density at radius 1 is 1.35 bits per heavy atom. The van der Waals surface area contributed by atoms with Crippen LogP contribution in [0.5, 0.6) is 5.75 Å². The third-order valence-corrected chi connectivity index (χ3v) is 5.05. The fourth-order valence-electron chi connectivity index (χ4n) is 3.69. The zero-order valence-electron chi connectivity index (χ0n) is 14.4. The zero-order valence-corrected chi connectivity index (χ0v) is 14.4. The van der Waals surface area contributed by atoms with Crippen LogP contribution in [0, 0.1) is 11.9 Å². The summed E-state index contributed by atoms with van der Waals surface area (Å²) in [5.41, 5.74) is 7.20. The number of ether oxygens (including phenoxy) is 3. The number of amidine groups is 1. The largest absolute Gasteiger partial charge is 0.493 e. The molecule has 2 aliphatic heterocycles. The second-order valence-electron chi connectivity index (χ2n) is 6.51. The molecule has 2 aromatic rings. The monoisotopic (exact) mass is 357 g/mol. The Hall–Kier alpha value is -2.67. The molecule has 3 heterocycles. The number of rotatable bonds is 4. The lowest BCUT2D eigenvalue weighted by Crippen LogP contribution is -2.43. The Morgan fingerprint density at radius 2 is 2.23 bits per heavy atom. The minimum absolute atomic E-state index is 0.0463. The number of methoxy groups -OCH3 is 1. The van der Waals surface area contributed by atoms with Crippen molar-refractivity contribution in [1.29, 1.82) is 0 Å². The first-order chi connectivity index (χ1) is 12.6. The van der Waals surface area contributed by atoms with Crippen LogP contribution in [0.2, 0.25) is 0 Å². The first-order valence-corrected chi connectivity index (χ1v) is 8.49. The normalized spacial score (nSPS) is 23.9. The van der Waals surface area contributed by atoms with Crippen molar-refractivity contribution in [2.45, 2.75) is 12.0 Å². The average molecular weight is 357 g/mol. The van der Waals surface area contributed by atoms with Gasteiger partial charge in [0.05, 0.1) is 6.61 Å². The molecule has 4 rings (SSSR count). The Labute approximate surface area is 150 Å². The molecule has 0 saturated heterocycles. The van der Waals surface area contributed by atoms with Gasteiger partial charge in [-0.05, 0) is 36.2 Å². The molecule has 2 aliphatic rings. The van der Waals surface area contributed by atoms with Crippen LogP contribution < -0.4 is 10.5 Å². The van der Waals surface area contributed by atoms with Crippen LogP contribution >= 0.6 is 0 Å². The van der Waals surface area contributed by atoms with Crippen LogP contribution in [-0.2, 0) is 15.0 Å². The molecule has 0 fully saturated rings. The second kappa shape index (κ2) is 6.57. The summed E-state index contributed by atoms with van der Waals surface area (Å²) in [6.45, 7) is 1.41. The maximum Gasteiger partial charge on any atom is 0.283 e. The molecule has 136 valence electrons. The molecule has 0 bridgehead atoms. The van der Waals surface area contributed by atoms with E-state index in [1.54, 1.807) is 19.2 Å². The molecule has 0 radical (unpaired) electrons. The molecule has 26 heavy (non-hydrogen) atoms. The van der Waals surface area contributed by atoms with Crippen LogP contribution in [0.3, 0.4) is 0 Å². The maximum absolute atomic E-state index is 14.2. The molecule has 2 N–H and O–H groups in total. The van der Waals surface area contributed by atoms with E-state index >= 15 is 0 Å². The molecule has 7 heteroatoms. The molecule has 0 aliphatic carbocycles. The Balaban J connectivity index is 1.82. The van der Waals surface area contributed by atoms with Crippen LogP contribution in [0.4, 0.5) is 4.39 Å². The highest BCUT2D eigenvalue weighted by molar-refractivity contribution is 5.75. The van der Waals surface area contributed by atoms with Crippen molar-refractivity contribution in [3.63, 3.8) is 0 Å². The Bertz CT molecular complexity index is 858. The standard InChI is InChI=1S/C19H20FN3O3/c1-24-8-6-13-10-25-16-5-4-12(14-3-2-7-22-17(14)20)9-15(16)19(13)11-26-18(21)23-19/h2-5,7,9,13H,6,8,10-11H2,1H3,(H2,21,23). The molecule has 6 nitrogen and oxygen atoms in total. The third-order valence-electron chi connectivity index (χ3n) is 5.05. The van der Waals surface area contributed by atoms with Gasteiger partial charge >= 0.3 is 0 Å². The number of benzene rings is 1. The van der Waals surface area contributed by atoms with E-state index < -0.39 is 11.5 Å². The Morgan fingerprint density at radius 3 is 2.96 bits per heavy atom. The number of nitrogens with two attached hydrogens (primary N) is 1. The maximum atomic E-state index is 14.2. The van der Waals surface area contributed by atoms with Crippen LogP contribution in [-0.4, -0.2) is 37.9 Å². The number of fused-ring (bicyclic) bond motifs is 2. The lowest BCUT2D eigenvalue weighted by Gasteiger charge is -2.39. The van der Waals surface area contributed by atoms with Crippen molar-refractivity contribution >= 4 is 6.02 Å². The van der Waals surface area contributed by atoms with Gasteiger partial charge < -0.3 is 19.9 Å². The number of hydrogen-bond donors (Lipinski definition) is 1. The van der Waals surface area contributed by atoms with Crippen molar-refractivity contribution in [2.24, 2.45) is 16.6 Å². The molecular weight excluding hydrogens is 337 g/mol. The summed E-state index contributed by atoms with van der Waals surface area (Å²) in [7, 11) is 1.66. The van der Waals surface area contributed by atoms with Gasteiger partial charge in [0, 0.05) is 37.0 Å². The van der Waals surface area contributed by atoms with E-state index in [1.807, 2.05) is 18.2 Å². The number of halogens is 1. The van der Waals surface area contributed by atoms with E-state index in [1.165, 1.54) is 6.20 Å². The predicted molar refractivity (Wildman–Crippen MR) is 94.4 cm³/mol. The summed E-state index contributed by atoms with van der Waals surface area (Å²) in [6, 6.07) is 9.14. The molecule has 1 spiro atoms. The van der Waals surface area contributed by atoms with Crippen LogP contribution in [0.1, 0.15) is 12.0 Å². The van der Waals surface area contributed by atoms with E-state index in [4.69, 9.17) is 19.9 Å². The van der Waals surface area contributed by atoms with E-state index in [9.17, 15) is 4.39 Å². The summed E-state index contributed by atoms with van der Waals surface area (Å²) < 4.78 is 30.9. The van der Waals surface area contributed by atoms with Crippen LogP contribution in [0.25, 0.3) is 11.1 Å². The van der Waals surface area contributed by atoms with Gasteiger partial charge in [-0.15, -0.1) is 0 Å². The van der Waals surface area contributed by atoms with Gasteiger partial charge in [0.15, 0.2) is 0 Å². The van der Waals surface area contributed by atoms with Crippen molar-refractivity contribution < 1.29 is 18.6 Å². The summed E-state index contributed by atoms with van der Waals surface area (Å²) in [5.74, 6) is 0.249. The minimum atomic E-state index is -0.648. The van der Waals surface area contributed by atoms with E-state index in [0.29, 0.717) is 36.7 Å². The van der Waals surface area contributed by atoms with Gasteiger partial charge in [0.25, 0.3) is 6.02 Å². The summed E-state index contributed by atoms with van der Waals surface area (Å²) >= 11 is 0. The zero-order chi connectivity index (χ0) is 18.1. The molecule has 0 saturated carbocycles. The molecule has 1 aromatic carbocycles. The number of aromatic nitrogens is 1. The number of aliphatic imine (C=N–C) groups is 1. The van der Waals surface area contributed by atoms with Gasteiger partial charge in [-0.1, -0.05) is 6.07 Å². The molecule has 1 aromatic heterocycles. The number of hydrogen-bond acceptors (Lipinski definition) is 6. The molecular formula is C19H20FN3O3. The predicted octanol–water partition coefficient (Wildman–Crippen LogP) is 2.47. The van der Waals surface area contributed by atoms with Crippen molar-refractivity contribution in [3.8, 4) is 16.9 Å². The lowest BCUT2D eigenvalue weighted by molar-refractivity contribution is 0.0739. The summed E-state index contributed by atoms with van der Waals surface area (Å²) in [5, 5.41) is 0. The first-order valence-electron chi connectivity index (χ1n) is 8.49. The second-order valence-corrected chi connectivity index (χ2v) is 6.51.